The summed E-state index contributed by atoms with van der Waals surface area (Å²) in [6, 6.07) is 4.26. The Morgan fingerprint density at radius 1 is 1.30 bits per heavy atom. The highest BCUT2D eigenvalue weighted by atomic mass is 35.5. The van der Waals surface area contributed by atoms with Gasteiger partial charge in [0.2, 0.25) is 0 Å². The molecule has 1 saturated heterocycles. The molecule has 1 amide bonds. The zero-order valence-electron chi connectivity index (χ0n) is 14.3. The van der Waals surface area contributed by atoms with E-state index in [9.17, 15) is 4.79 Å². The number of hydrogen-bond donors (Lipinski definition) is 1. The zero-order valence-corrected chi connectivity index (χ0v) is 15.1. The Bertz CT molecular complexity index is 554. The van der Waals surface area contributed by atoms with E-state index in [1.165, 1.54) is 0 Å². The molecule has 1 fully saturated rings. The van der Waals surface area contributed by atoms with Crippen molar-refractivity contribution in [2.45, 2.75) is 39.2 Å². The van der Waals surface area contributed by atoms with Gasteiger partial charge in [-0.1, -0.05) is 11.6 Å². The summed E-state index contributed by atoms with van der Waals surface area (Å²) >= 11 is 6.27. The molecule has 23 heavy (non-hydrogen) atoms. The van der Waals surface area contributed by atoms with Gasteiger partial charge in [0.1, 0.15) is 0 Å². The molecule has 2 rings (SSSR count). The number of carbonyl (C=O) groups excluding carboxylic acids is 1. The average Bonchev–Trinajstić information content (AvgIpc) is 2.55. The third kappa shape index (κ3) is 4.46. The minimum Gasteiger partial charge on any atom is -0.396 e. The molecule has 0 spiro atoms. The van der Waals surface area contributed by atoms with Gasteiger partial charge in [0, 0.05) is 32.3 Å². The number of amides is 1. The summed E-state index contributed by atoms with van der Waals surface area (Å²) in [5.41, 5.74) is 2.81. The van der Waals surface area contributed by atoms with E-state index < -0.39 is 0 Å². The fraction of sp³-hybridized carbons (Fsp3) is 0.611. The van der Waals surface area contributed by atoms with Crippen molar-refractivity contribution >= 4 is 17.5 Å². The molecule has 0 saturated carbocycles. The Morgan fingerprint density at radius 2 is 1.91 bits per heavy atom. The first-order chi connectivity index (χ1) is 10.9. The van der Waals surface area contributed by atoms with Crippen LogP contribution >= 0.6 is 11.6 Å². The highest BCUT2D eigenvalue weighted by Crippen LogP contribution is 2.24. The molecule has 0 radical (unpaired) electrons. The largest absolute Gasteiger partial charge is 0.396 e. The van der Waals surface area contributed by atoms with Gasteiger partial charge in [-0.15, -0.1) is 0 Å². The number of likely N-dealkylation sites (tertiary alicyclic amines) is 1. The maximum atomic E-state index is 12.7. The Balaban J connectivity index is 1.97. The molecule has 1 aromatic rings. The molecule has 1 aromatic carbocycles. The molecule has 0 bridgehead atoms. The Kier molecular flexibility index (Phi) is 6.45. The highest BCUT2D eigenvalue weighted by molar-refractivity contribution is 6.34. The maximum absolute atomic E-state index is 12.7. The number of carbonyl (C=O) groups is 1. The summed E-state index contributed by atoms with van der Waals surface area (Å²) in [6.07, 6.45) is 2.74. The Hall–Kier alpha value is -1.10. The predicted octanol–water partition coefficient (Wildman–Crippen LogP) is 2.88. The molecule has 1 N–H and O–H groups in total. The summed E-state index contributed by atoms with van der Waals surface area (Å²) in [5, 5.41) is 9.47. The molecular weight excluding hydrogens is 312 g/mol. The molecule has 4 nitrogen and oxygen atoms in total. The summed E-state index contributed by atoms with van der Waals surface area (Å²) in [7, 11) is 2.10. The van der Waals surface area contributed by atoms with Crippen LogP contribution in [0.15, 0.2) is 12.1 Å². The van der Waals surface area contributed by atoms with E-state index in [2.05, 4.69) is 11.9 Å². The smallest absolute Gasteiger partial charge is 0.255 e. The number of aliphatic hydroxyl groups is 1. The summed E-state index contributed by atoms with van der Waals surface area (Å²) in [4.78, 5) is 16.9. The molecule has 1 aliphatic rings. The van der Waals surface area contributed by atoms with Crippen molar-refractivity contribution in [2.24, 2.45) is 0 Å². The van der Waals surface area contributed by atoms with Crippen molar-refractivity contribution < 1.29 is 9.90 Å². The Labute approximate surface area is 144 Å². The third-order valence-corrected chi connectivity index (χ3v) is 5.17. The van der Waals surface area contributed by atoms with Crippen LogP contribution in [-0.4, -0.2) is 60.1 Å². The number of aliphatic hydroxyl groups excluding tert-OH is 1. The number of piperidine rings is 1. The van der Waals surface area contributed by atoms with E-state index >= 15 is 0 Å². The molecule has 1 aliphatic heterocycles. The summed E-state index contributed by atoms with van der Waals surface area (Å²) < 4.78 is 0. The van der Waals surface area contributed by atoms with E-state index in [-0.39, 0.29) is 12.5 Å². The second-order valence-corrected chi connectivity index (χ2v) is 6.90. The average molecular weight is 339 g/mol. The third-order valence-electron chi connectivity index (χ3n) is 4.86. The van der Waals surface area contributed by atoms with Crippen LogP contribution in [0, 0.1) is 13.8 Å². The first kappa shape index (κ1) is 18.2. The van der Waals surface area contributed by atoms with Gasteiger partial charge in [0.25, 0.3) is 5.91 Å². The van der Waals surface area contributed by atoms with Crippen LogP contribution in [-0.2, 0) is 0 Å². The topological polar surface area (TPSA) is 43.8 Å². The molecule has 0 aromatic heterocycles. The minimum absolute atomic E-state index is 0.0366. The Morgan fingerprint density at radius 3 is 2.52 bits per heavy atom. The SMILES string of the molecule is Cc1cc(Cl)c(C(=O)N2CCC(N(C)CCCO)CC2)cc1C. The van der Waals surface area contributed by atoms with Gasteiger partial charge in [-0.2, -0.15) is 0 Å². The van der Waals surface area contributed by atoms with Crippen molar-refractivity contribution in [3.8, 4) is 0 Å². The van der Waals surface area contributed by atoms with Gasteiger partial charge in [-0.3, -0.25) is 4.79 Å². The van der Waals surface area contributed by atoms with Crippen molar-refractivity contribution in [2.75, 3.05) is 33.3 Å². The van der Waals surface area contributed by atoms with Crippen LogP contribution in [0.25, 0.3) is 0 Å². The van der Waals surface area contributed by atoms with E-state index in [4.69, 9.17) is 16.7 Å². The lowest BCUT2D eigenvalue weighted by molar-refractivity contribution is 0.0641. The van der Waals surface area contributed by atoms with Crippen molar-refractivity contribution in [3.05, 3.63) is 33.8 Å². The van der Waals surface area contributed by atoms with E-state index in [0.29, 0.717) is 16.6 Å². The van der Waals surface area contributed by atoms with E-state index in [1.807, 2.05) is 30.9 Å². The van der Waals surface area contributed by atoms with Crippen LogP contribution < -0.4 is 0 Å². The minimum atomic E-state index is 0.0366. The van der Waals surface area contributed by atoms with Gasteiger partial charge in [-0.05, 0) is 63.4 Å². The molecule has 0 atom stereocenters. The number of nitrogens with zero attached hydrogens (tertiary/aromatic N) is 2. The lowest BCUT2D eigenvalue weighted by Gasteiger charge is -2.37. The zero-order chi connectivity index (χ0) is 17.0. The van der Waals surface area contributed by atoms with Gasteiger partial charge in [0.05, 0.1) is 10.6 Å². The van der Waals surface area contributed by atoms with Crippen LogP contribution in [0.5, 0.6) is 0 Å². The fourth-order valence-electron chi connectivity index (χ4n) is 3.13. The number of halogens is 1. The van der Waals surface area contributed by atoms with Crippen LogP contribution in [0.4, 0.5) is 0 Å². The van der Waals surface area contributed by atoms with Gasteiger partial charge in [-0.25, -0.2) is 0 Å². The first-order valence-electron chi connectivity index (χ1n) is 8.31. The molecule has 0 unspecified atom stereocenters. The normalized spacial score (nSPS) is 16.2. The molecule has 0 aliphatic carbocycles. The van der Waals surface area contributed by atoms with E-state index in [0.717, 1.165) is 50.0 Å². The molecular formula is C18H27ClN2O2. The summed E-state index contributed by atoms with van der Waals surface area (Å²) in [5.74, 6) is 0.0366. The highest BCUT2D eigenvalue weighted by Gasteiger charge is 2.26. The quantitative estimate of drug-likeness (QED) is 0.897. The first-order valence-corrected chi connectivity index (χ1v) is 8.69. The summed E-state index contributed by atoms with van der Waals surface area (Å²) in [6.45, 7) is 6.66. The molecule has 128 valence electrons. The van der Waals surface area contributed by atoms with Crippen molar-refractivity contribution in [1.82, 2.24) is 9.80 Å². The number of rotatable bonds is 5. The standard InChI is InChI=1S/C18H27ClN2O2/c1-13-11-16(17(19)12-14(13)2)18(23)21-8-5-15(6-9-21)20(3)7-4-10-22/h11-12,15,22H,4-10H2,1-3H3. The monoisotopic (exact) mass is 338 g/mol. The van der Waals surface area contributed by atoms with Crippen LogP contribution in [0.2, 0.25) is 5.02 Å². The number of benzene rings is 1. The van der Waals surface area contributed by atoms with Crippen LogP contribution in [0.3, 0.4) is 0 Å². The maximum Gasteiger partial charge on any atom is 0.255 e. The molecule has 1 heterocycles. The van der Waals surface area contributed by atoms with Crippen molar-refractivity contribution in [1.29, 1.82) is 0 Å². The van der Waals surface area contributed by atoms with Crippen molar-refractivity contribution in [3.63, 3.8) is 0 Å². The number of aryl methyl sites for hydroxylation is 2. The second kappa shape index (κ2) is 8.13. The predicted molar refractivity (Wildman–Crippen MR) is 94.2 cm³/mol. The number of hydrogen-bond acceptors (Lipinski definition) is 3. The van der Waals surface area contributed by atoms with Gasteiger partial charge >= 0.3 is 0 Å². The lowest BCUT2D eigenvalue weighted by atomic mass is 10.0. The van der Waals surface area contributed by atoms with E-state index in [1.54, 1.807) is 0 Å². The van der Waals surface area contributed by atoms with Gasteiger partial charge in [0.15, 0.2) is 0 Å². The lowest BCUT2D eigenvalue weighted by Crippen LogP contribution is -2.45. The second-order valence-electron chi connectivity index (χ2n) is 6.50. The fourth-order valence-corrected chi connectivity index (χ4v) is 3.43. The van der Waals surface area contributed by atoms with Crippen LogP contribution in [0.1, 0.15) is 40.7 Å². The van der Waals surface area contributed by atoms with Gasteiger partial charge < -0.3 is 14.9 Å². The molecule has 5 heteroatoms.